The van der Waals surface area contributed by atoms with E-state index in [0.29, 0.717) is 6.54 Å². The number of anilines is 1. The zero-order chi connectivity index (χ0) is 15.0. The smallest absolute Gasteiger partial charge is 0.387 e. The predicted molar refractivity (Wildman–Crippen MR) is 69.6 cm³/mol. The molecular weight excluding hydrogens is 273 g/mol. The average molecular weight is 290 g/mol. The van der Waals surface area contributed by atoms with E-state index in [2.05, 4.69) is 15.4 Å². The van der Waals surface area contributed by atoms with Crippen LogP contribution in [0.1, 0.15) is 26.2 Å². The molecule has 7 heteroatoms. The molecule has 1 aromatic rings. The number of rotatable bonds is 7. The Bertz CT molecular complexity index is 442. The van der Waals surface area contributed by atoms with Gasteiger partial charge in [0.1, 0.15) is 0 Å². The van der Waals surface area contributed by atoms with Crippen molar-refractivity contribution in [1.82, 2.24) is 5.32 Å². The highest BCUT2D eigenvalue weighted by atomic mass is 19.3. The summed E-state index contributed by atoms with van der Waals surface area (Å²) in [5.74, 6) is -1.53. The third-order valence-corrected chi connectivity index (χ3v) is 2.47. The van der Waals surface area contributed by atoms with Gasteiger partial charge in [0.15, 0.2) is 11.6 Å². The van der Waals surface area contributed by atoms with Crippen LogP contribution in [0.15, 0.2) is 18.2 Å². The van der Waals surface area contributed by atoms with Gasteiger partial charge in [-0.3, -0.25) is 0 Å². The van der Waals surface area contributed by atoms with Crippen molar-refractivity contribution in [2.75, 3.05) is 11.9 Å². The first-order valence-corrected chi connectivity index (χ1v) is 6.32. The second kappa shape index (κ2) is 8.29. The summed E-state index contributed by atoms with van der Waals surface area (Å²) in [5, 5.41) is 5.02. The number of halogens is 3. The van der Waals surface area contributed by atoms with Crippen molar-refractivity contribution >= 4 is 11.7 Å². The van der Waals surface area contributed by atoms with Gasteiger partial charge in [0.05, 0.1) is 0 Å². The first-order chi connectivity index (χ1) is 9.52. The van der Waals surface area contributed by atoms with E-state index in [4.69, 9.17) is 0 Å². The van der Waals surface area contributed by atoms with Crippen molar-refractivity contribution in [3.63, 3.8) is 0 Å². The van der Waals surface area contributed by atoms with Crippen LogP contribution in [0.25, 0.3) is 0 Å². The molecule has 0 heterocycles. The average Bonchev–Trinajstić information content (AvgIpc) is 2.37. The third kappa shape index (κ3) is 5.81. The molecule has 1 rings (SSSR count). The molecule has 0 aliphatic carbocycles. The van der Waals surface area contributed by atoms with E-state index in [1.807, 2.05) is 6.92 Å². The number of nitrogens with one attached hydrogen (secondary N) is 2. The van der Waals surface area contributed by atoms with Crippen LogP contribution in [0.5, 0.6) is 5.75 Å². The van der Waals surface area contributed by atoms with Gasteiger partial charge in [0.25, 0.3) is 0 Å². The highest BCUT2D eigenvalue weighted by molar-refractivity contribution is 5.89. The summed E-state index contributed by atoms with van der Waals surface area (Å²) in [6.45, 7) is -0.522. The van der Waals surface area contributed by atoms with E-state index in [-0.39, 0.29) is 5.69 Å². The van der Waals surface area contributed by atoms with Crippen molar-refractivity contribution in [1.29, 1.82) is 0 Å². The molecule has 0 fully saturated rings. The van der Waals surface area contributed by atoms with Crippen molar-refractivity contribution in [2.24, 2.45) is 0 Å². The fourth-order valence-electron chi connectivity index (χ4n) is 1.52. The summed E-state index contributed by atoms with van der Waals surface area (Å²) in [6.07, 6.45) is 2.91. The lowest BCUT2D eigenvalue weighted by Crippen LogP contribution is -2.29. The van der Waals surface area contributed by atoms with E-state index >= 15 is 0 Å². The SMILES string of the molecule is CCCCCNC(=O)Nc1ccc(OC(F)F)c(F)c1. The van der Waals surface area contributed by atoms with Crippen LogP contribution in [-0.4, -0.2) is 19.2 Å². The van der Waals surface area contributed by atoms with Gasteiger partial charge in [-0.05, 0) is 18.6 Å². The van der Waals surface area contributed by atoms with Crippen LogP contribution >= 0.6 is 0 Å². The number of hydrogen-bond donors (Lipinski definition) is 2. The van der Waals surface area contributed by atoms with Gasteiger partial charge in [-0.15, -0.1) is 0 Å². The molecule has 0 bridgehead atoms. The topological polar surface area (TPSA) is 50.4 Å². The number of carbonyl (C=O) groups is 1. The summed E-state index contributed by atoms with van der Waals surface area (Å²) < 4.78 is 41.2. The molecule has 20 heavy (non-hydrogen) atoms. The molecule has 2 amide bonds. The van der Waals surface area contributed by atoms with E-state index in [9.17, 15) is 18.0 Å². The van der Waals surface area contributed by atoms with Gasteiger partial charge in [0, 0.05) is 18.3 Å². The maximum Gasteiger partial charge on any atom is 0.387 e. The standard InChI is InChI=1S/C13H17F3N2O2/c1-2-3-4-7-17-13(19)18-9-5-6-11(10(14)8-9)20-12(15)16/h5-6,8,12H,2-4,7H2,1H3,(H2,17,18,19). The maximum absolute atomic E-state index is 13.4. The summed E-state index contributed by atoms with van der Waals surface area (Å²) >= 11 is 0. The van der Waals surface area contributed by atoms with Crippen LogP contribution < -0.4 is 15.4 Å². The monoisotopic (exact) mass is 290 g/mol. The molecule has 0 unspecified atom stereocenters. The number of unbranched alkanes of at least 4 members (excludes halogenated alkanes) is 2. The highest BCUT2D eigenvalue weighted by Gasteiger charge is 2.11. The van der Waals surface area contributed by atoms with E-state index < -0.39 is 24.2 Å². The quantitative estimate of drug-likeness (QED) is 0.752. The molecule has 0 aliphatic heterocycles. The van der Waals surface area contributed by atoms with Crippen LogP contribution in [0.2, 0.25) is 0 Å². The van der Waals surface area contributed by atoms with Crippen molar-refractivity contribution < 1.29 is 22.7 Å². The van der Waals surface area contributed by atoms with Gasteiger partial charge in [-0.25, -0.2) is 9.18 Å². The van der Waals surface area contributed by atoms with Gasteiger partial charge in [0.2, 0.25) is 0 Å². The molecule has 2 N–H and O–H groups in total. The summed E-state index contributed by atoms with van der Waals surface area (Å²) in [6, 6.07) is 2.77. The minimum atomic E-state index is -3.09. The Morgan fingerprint density at radius 3 is 2.70 bits per heavy atom. The molecule has 0 radical (unpaired) electrons. The van der Waals surface area contributed by atoms with Crippen LogP contribution in [0.3, 0.4) is 0 Å². The molecule has 1 aromatic carbocycles. The molecule has 0 saturated heterocycles. The number of ether oxygens (including phenoxy) is 1. The molecular formula is C13H17F3N2O2. The number of alkyl halides is 2. The molecule has 0 saturated carbocycles. The molecule has 0 atom stereocenters. The maximum atomic E-state index is 13.4. The van der Waals surface area contributed by atoms with E-state index in [0.717, 1.165) is 31.4 Å². The Balaban J connectivity index is 2.48. The summed E-state index contributed by atoms with van der Waals surface area (Å²) in [7, 11) is 0. The van der Waals surface area contributed by atoms with Crippen LogP contribution in [0.4, 0.5) is 23.7 Å². The molecule has 0 aromatic heterocycles. The normalized spacial score (nSPS) is 10.4. The van der Waals surface area contributed by atoms with E-state index in [1.165, 1.54) is 6.07 Å². The first-order valence-electron chi connectivity index (χ1n) is 6.32. The van der Waals surface area contributed by atoms with E-state index in [1.54, 1.807) is 0 Å². The molecule has 112 valence electrons. The summed E-state index contributed by atoms with van der Waals surface area (Å²) in [5.41, 5.74) is 0.164. The number of benzene rings is 1. The lowest BCUT2D eigenvalue weighted by molar-refractivity contribution is -0.0521. The number of hydrogen-bond acceptors (Lipinski definition) is 2. The van der Waals surface area contributed by atoms with Gasteiger partial charge in [-0.1, -0.05) is 19.8 Å². The largest absolute Gasteiger partial charge is 0.432 e. The van der Waals surface area contributed by atoms with Crippen molar-refractivity contribution in [3.05, 3.63) is 24.0 Å². The Morgan fingerprint density at radius 2 is 2.10 bits per heavy atom. The lowest BCUT2D eigenvalue weighted by Gasteiger charge is -2.09. The zero-order valence-corrected chi connectivity index (χ0v) is 11.1. The van der Waals surface area contributed by atoms with Crippen LogP contribution in [0, 0.1) is 5.82 Å². The minimum absolute atomic E-state index is 0.164. The molecule has 0 aliphatic rings. The van der Waals surface area contributed by atoms with Gasteiger partial charge < -0.3 is 15.4 Å². The predicted octanol–water partition coefficient (Wildman–Crippen LogP) is 3.74. The lowest BCUT2D eigenvalue weighted by atomic mass is 10.2. The summed E-state index contributed by atoms with van der Waals surface area (Å²) in [4.78, 5) is 11.5. The number of urea groups is 1. The second-order valence-electron chi connectivity index (χ2n) is 4.11. The minimum Gasteiger partial charge on any atom is -0.432 e. The van der Waals surface area contributed by atoms with Crippen molar-refractivity contribution in [3.8, 4) is 5.75 Å². The fraction of sp³-hybridized carbons (Fsp3) is 0.462. The van der Waals surface area contributed by atoms with Crippen LogP contribution in [-0.2, 0) is 0 Å². The van der Waals surface area contributed by atoms with Crippen molar-refractivity contribution in [2.45, 2.75) is 32.8 Å². The Kier molecular flexibility index (Phi) is 6.69. The first kappa shape index (κ1) is 16.1. The highest BCUT2D eigenvalue weighted by Crippen LogP contribution is 2.22. The Morgan fingerprint density at radius 1 is 1.35 bits per heavy atom. The Labute approximate surface area is 115 Å². The second-order valence-corrected chi connectivity index (χ2v) is 4.11. The number of carbonyl (C=O) groups excluding carboxylic acids is 1. The number of amides is 2. The van der Waals surface area contributed by atoms with Gasteiger partial charge in [-0.2, -0.15) is 8.78 Å². The molecule has 0 spiro atoms. The molecule has 4 nitrogen and oxygen atoms in total. The Hall–Kier alpha value is -1.92. The fourth-order valence-corrected chi connectivity index (χ4v) is 1.52. The van der Waals surface area contributed by atoms with Gasteiger partial charge >= 0.3 is 12.6 Å². The zero-order valence-electron chi connectivity index (χ0n) is 11.1. The third-order valence-electron chi connectivity index (χ3n) is 2.47.